The molecule has 2 heterocycles. The Kier molecular flexibility index (Phi) is 3.38. The first-order valence-corrected chi connectivity index (χ1v) is 8.21. The summed E-state index contributed by atoms with van der Waals surface area (Å²) in [5.74, 6) is -0.775. The molecule has 0 unspecified atom stereocenters. The predicted molar refractivity (Wildman–Crippen MR) is 87.2 cm³/mol. The molecule has 25 heavy (non-hydrogen) atoms. The second-order valence-electron chi connectivity index (χ2n) is 6.67. The summed E-state index contributed by atoms with van der Waals surface area (Å²) >= 11 is 0. The molecule has 7 nitrogen and oxygen atoms in total. The van der Waals surface area contributed by atoms with Crippen LogP contribution in [0, 0.1) is 5.82 Å². The summed E-state index contributed by atoms with van der Waals surface area (Å²) in [4.78, 5) is 42.7. The number of benzene rings is 1. The van der Waals surface area contributed by atoms with Crippen LogP contribution in [0.15, 0.2) is 23.0 Å². The topological polar surface area (TPSA) is 84.3 Å². The van der Waals surface area contributed by atoms with Gasteiger partial charge in [0.2, 0.25) is 0 Å². The molecule has 2 fully saturated rings. The normalized spacial score (nSPS) is 19.2. The molecule has 1 aliphatic carbocycles. The van der Waals surface area contributed by atoms with Crippen molar-refractivity contribution in [2.24, 2.45) is 7.05 Å². The van der Waals surface area contributed by atoms with E-state index in [1.165, 1.54) is 22.8 Å². The second-order valence-corrected chi connectivity index (χ2v) is 6.67. The van der Waals surface area contributed by atoms with Crippen molar-refractivity contribution in [3.8, 4) is 0 Å². The molecule has 1 N–H and O–H groups in total. The van der Waals surface area contributed by atoms with Crippen molar-refractivity contribution < 1.29 is 14.0 Å². The molecule has 130 valence electrons. The highest BCUT2D eigenvalue weighted by Gasteiger charge is 2.52. The Labute approximate surface area is 142 Å². The van der Waals surface area contributed by atoms with E-state index < -0.39 is 22.9 Å². The molecule has 1 aromatic heterocycles. The molecule has 0 radical (unpaired) electrons. The van der Waals surface area contributed by atoms with Gasteiger partial charge in [-0.3, -0.25) is 14.5 Å². The Hall–Kier alpha value is -2.77. The highest BCUT2D eigenvalue weighted by atomic mass is 19.1. The van der Waals surface area contributed by atoms with E-state index >= 15 is 0 Å². The third-order valence-electron chi connectivity index (χ3n) is 5.12. The first-order chi connectivity index (χ1) is 11.9. The van der Waals surface area contributed by atoms with Gasteiger partial charge in [-0.2, -0.15) is 0 Å². The first kappa shape index (κ1) is 15.7. The molecule has 8 heteroatoms. The molecule has 0 atom stereocenters. The molecule has 2 aliphatic rings. The van der Waals surface area contributed by atoms with Crippen LogP contribution in [0.3, 0.4) is 0 Å². The molecule has 2 aromatic rings. The standard InChI is InChI=1S/C17H17FN4O3/c1-21-13-5-4-10(18)8-11(13)19-12(14(21)23)9-22-15(24)17(20-16(22)25)6-2-3-7-17/h4-5,8H,2-3,6-7,9H2,1H3,(H,20,25). The fourth-order valence-electron chi connectivity index (χ4n) is 3.76. The average Bonchev–Trinajstić information content (AvgIpc) is 3.13. The average molecular weight is 344 g/mol. The van der Waals surface area contributed by atoms with Crippen molar-refractivity contribution in [3.63, 3.8) is 0 Å². The van der Waals surface area contributed by atoms with Crippen molar-refractivity contribution >= 4 is 23.0 Å². The monoisotopic (exact) mass is 344 g/mol. The number of fused-ring (bicyclic) bond motifs is 1. The zero-order chi connectivity index (χ0) is 17.8. The van der Waals surface area contributed by atoms with E-state index in [9.17, 15) is 18.8 Å². The molecule has 1 spiro atoms. The minimum atomic E-state index is -0.828. The van der Waals surface area contributed by atoms with Crippen molar-refractivity contribution in [1.29, 1.82) is 0 Å². The number of urea groups is 1. The summed E-state index contributed by atoms with van der Waals surface area (Å²) in [6.07, 6.45) is 3.00. The summed E-state index contributed by atoms with van der Waals surface area (Å²) < 4.78 is 14.8. The van der Waals surface area contributed by atoms with Crippen molar-refractivity contribution in [3.05, 3.63) is 40.1 Å². The minimum Gasteiger partial charge on any atom is -0.323 e. The van der Waals surface area contributed by atoms with Gasteiger partial charge in [0.25, 0.3) is 11.5 Å². The second kappa shape index (κ2) is 5.37. The van der Waals surface area contributed by atoms with Crippen LogP contribution >= 0.6 is 0 Å². The van der Waals surface area contributed by atoms with Gasteiger partial charge in [-0.15, -0.1) is 0 Å². The van der Waals surface area contributed by atoms with Gasteiger partial charge < -0.3 is 9.88 Å². The molecular weight excluding hydrogens is 327 g/mol. The number of imide groups is 1. The number of hydrogen-bond donors (Lipinski definition) is 1. The van der Waals surface area contributed by atoms with Crippen LogP contribution < -0.4 is 10.9 Å². The first-order valence-electron chi connectivity index (χ1n) is 8.21. The summed E-state index contributed by atoms with van der Waals surface area (Å²) in [6, 6.07) is 3.45. The maximum absolute atomic E-state index is 13.5. The van der Waals surface area contributed by atoms with E-state index in [0.29, 0.717) is 23.9 Å². The third-order valence-corrected chi connectivity index (χ3v) is 5.12. The van der Waals surface area contributed by atoms with E-state index in [0.717, 1.165) is 17.7 Å². The highest BCUT2D eigenvalue weighted by molar-refractivity contribution is 6.07. The summed E-state index contributed by atoms with van der Waals surface area (Å²) in [5.41, 5.74) is -0.406. The SMILES string of the molecule is Cn1c(=O)c(CN2C(=O)NC3(CCCC3)C2=O)nc2cc(F)ccc21. The van der Waals surface area contributed by atoms with E-state index in [-0.39, 0.29) is 18.1 Å². The van der Waals surface area contributed by atoms with Crippen LogP contribution in [0.1, 0.15) is 31.4 Å². The highest BCUT2D eigenvalue weighted by Crippen LogP contribution is 2.35. The zero-order valence-corrected chi connectivity index (χ0v) is 13.7. The Morgan fingerprint density at radius 2 is 1.96 bits per heavy atom. The Balaban J connectivity index is 1.73. The molecular formula is C17H17FN4O3. The minimum absolute atomic E-state index is 0.0409. The number of rotatable bonds is 2. The molecule has 0 bridgehead atoms. The van der Waals surface area contributed by atoms with Gasteiger partial charge in [-0.05, 0) is 25.0 Å². The predicted octanol–water partition coefficient (Wildman–Crippen LogP) is 1.44. The smallest absolute Gasteiger partial charge is 0.323 e. The molecule has 1 saturated heterocycles. The van der Waals surface area contributed by atoms with Crippen LogP contribution in [0.2, 0.25) is 0 Å². The van der Waals surface area contributed by atoms with Gasteiger partial charge >= 0.3 is 6.03 Å². The number of carbonyl (C=O) groups excluding carboxylic acids is 2. The number of amides is 3. The summed E-state index contributed by atoms with van der Waals surface area (Å²) in [7, 11) is 1.55. The number of hydrogen-bond acceptors (Lipinski definition) is 4. The van der Waals surface area contributed by atoms with Crippen LogP contribution in [0.4, 0.5) is 9.18 Å². The lowest BCUT2D eigenvalue weighted by atomic mass is 9.98. The van der Waals surface area contributed by atoms with E-state index in [1.807, 2.05) is 0 Å². The summed E-state index contributed by atoms with van der Waals surface area (Å²) in [6.45, 7) is -0.217. The zero-order valence-electron chi connectivity index (χ0n) is 13.7. The van der Waals surface area contributed by atoms with Gasteiger partial charge in [-0.1, -0.05) is 12.8 Å². The van der Waals surface area contributed by atoms with Gasteiger partial charge in [0.1, 0.15) is 17.1 Å². The van der Waals surface area contributed by atoms with E-state index in [4.69, 9.17) is 0 Å². The van der Waals surface area contributed by atoms with E-state index in [2.05, 4.69) is 10.3 Å². The number of nitrogens with one attached hydrogen (secondary N) is 1. The van der Waals surface area contributed by atoms with Crippen LogP contribution in [-0.4, -0.2) is 31.9 Å². The lowest BCUT2D eigenvalue weighted by Gasteiger charge is -2.20. The van der Waals surface area contributed by atoms with Crippen molar-refractivity contribution in [2.75, 3.05) is 0 Å². The molecule has 1 saturated carbocycles. The van der Waals surface area contributed by atoms with Gasteiger partial charge in [0.15, 0.2) is 0 Å². The fraction of sp³-hybridized carbons (Fsp3) is 0.412. The van der Waals surface area contributed by atoms with E-state index in [1.54, 1.807) is 7.05 Å². The molecule has 1 aromatic carbocycles. The third kappa shape index (κ3) is 2.32. The summed E-state index contributed by atoms with van der Waals surface area (Å²) in [5, 5.41) is 2.77. The van der Waals surface area contributed by atoms with Crippen LogP contribution in [0.25, 0.3) is 11.0 Å². The number of aryl methyl sites for hydroxylation is 1. The molecule has 3 amide bonds. The van der Waals surface area contributed by atoms with Crippen LogP contribution in [0.5, 0.6) is 0 Å². The molecule has 1 aliphatic heterocycles. The quantitative estimate of drug-likeness (QED) is 0.836. The number of aromatic nitrogens is 2. The Morgan fingerprint density at radius 3 is 2.68 bits per heavy atom. The maximum Gasteiger partial charge on any atom is 0.325 e. The number of nitrogens with zero attached hydrogens (tertiary/aromatic N) is 3. The largest absolute Gasteiger partial charge is 0.325 e. The van der Waals surface area contributed by atoms with Crippen LogP contribution in [-0.2, 0) is 18.4 Å². The Morgan fingerprint density at radius 1 is 1.24 bits per heavy atom. The lowest BCUT2D eigenvalue weighted by molar-refractivity contribution is -0.131. The molecule has 4 rings (SSSR count). The fourth-order valence-corrected chi connectivity index (χ4v) is 3.76. The van der Waals surface area contributed by atoms with Crippen molar-refractivity contribution in [2.45, 2.75) is 37.8 Å². The number of halogens is 1. The van der Waals surface area contributed by atoms with Gasteiger partial charge in [-0.25, -0.2) is 14.2 Å². The van der Waals surface area contributed by atoms with Gasteiger partial charge in [0.05, 0.1) is 17.6 Å². The Bertz CT molecular complexity index is 962. The van der Waals surface area contributed by atoms with Crippen molar-refractivity contribution in [1.82, 2.24) is 19.8 Å². The van der Waals surface area contributed by atoms with Gasteiger partial charge in [0, 0.05) is 13.1 Å². The maximum atomic E-state index is 13.5. The number of carbonyl (C=O) groups is 2. The lowest BCUT2D eigenvalue weighted by Crippen LogP contribution is -2.44.